The monoisotopic (exact) mass is 230 g/mol. The van der Waals surface area contributed by atoms with Crippen LogP contribution in [0.25, 0.3) is 0 Å². The van der Waals surface area contributed by atoms with Crippen molar-refractivity contribution >= 4 is 29.2 Å². The Bertz CT molecular complexity index is 304. The molecular weight excluding hydrogens is 216 g/mol. The Balaban J connectivity index is 2.61. The molecule has 15 heavy (non-hydrogen) atoms. The van der Waals surface area contributed by atoms with E-state index in [-0.39, 0.29) is 24.8 Å². The number of aliphatic carboxylic acids is 1. The fourth-order valence-electron chi connectivity index (χ4n) is 1.50. The van der Waals surface area contributed by atoms with Crippen LogP contribution < -0.4 is 5.32 Å². The normalized spacial score (nSPS) is 21.0. The quantitative estimate of drug-likeness (QED) is 0.682. The second kappa shape index (κ2) is 4.57. The summed E-state index contributed by atoms with van der Waals surface area (Å²) >= 11 is 5.00. The number of rotatable bonds is 4. The molecule has 1 atom stereocenters. The number of hydrogen-bond donors (Lipinski definition) is 2. The number of amides is 1. The maximum absolute atomic E-state index is 11.8. The molecule has 1 rings (SSSR count). The van der Waals surface area contributed by atoms with Crippen molar-refractivity contribution in [3.63, 3.8) is 0 Å². The number of carbonyl (C=O) groups excluding carboxylic acids is 1. The number of nitrogens with zero attached hydrogens (tertiary/aromatic N) is 1. The molecule has 0 saturated carbocycles. The van der Waals surface area contributed by atoms with Crippen LogP contribution in [0, 0.1) is 0 Å². The SMILES string of the molecule is CC(C)N1C(=O)C(CCC(=O)O)NC1=S. The van der Waals surface area contributed by atoms with Crippen LogP contribution in [0.5, 0.6) is 0 Å². The Morgan fingerprint density at radius 2 is 2.27 bits per heavy atom. The maximum Gasteiger partial charge on any atom is 0.303 e. The van der Waals surface area contributed by atoms with Crippen molar-refractivity contribution in [2.24, 2.45) is 0 Å². The van der Waals surface area contributed by atoms with Gasteiger partial charge in [0.25, 0.3) is 5.91 Å². The van der Waals surface area contributed by atoms with Crippen molar-refractivity contribution in [2.75, 3.05) is 0 Å². The summed E-state index contributed by atoms with van der Waals surface area (Å²) in [5.41, 5.74) is 0. The van der Waals surface area contributed by atoms with Crippen molar-refractivity contribution in [3.8, 4) is 0 Å². The van der Waals surface area contributed by atoms with Crippen LogP contribution >= 0.6 is 12.2 Å². The Morgan fingerprint density at radius 3 is 2.67 bits per heavy atom. The molecule has 2 N–H and O–H groups in total. The first kappa shape index (κ1) is 11.9. The first-order chi connectivity index (χ1) is 6.93. The highest BCUT2D eigenvalue weighted by Crippen LogP contribution is 2.14. The van der Waals surface area contributed by atoms with Crippen LogP contribution in [-0.2, 0) is 9.59 Å². The fourth-order valence-corrected chi connectivity index (χ4v) is 1.94. The van der Waals surface area contributed by atoms with Gasteiger partial charge in [-0.3, -0.25) is 14.5 Å². The second-order valence-corrected chi connectivity index (χ2v) is 4.12. The number of nitrogens with one attached hydrogen (secondary N) is 1. The number of carboxylic acid groups (broad SMARTS) is 1. The average Bonchev–Trinajstić information content (AvgIpc) is 2.37. The predicted molar refractivity (Wildman–Crippen MR) is 58.4 cm³/mol. The number of carbonyl (C=O) groups is 2. The molecule has 1 aliphatic rings. The van der Waals surface area contributed by atoms with E-state index in [1.165, 1.54) is 4.90 Å². The van der Waals surface area contributed by atoms with Crippen LogP contribution in [-0.4, -0.2) is 39.1 Å². The van der Waals surface area contributed by atoms with E-state index >= 15 is 0 Å². The molecule has 1 fully saturated rings. The molecule has 5 nitrogen and oxygen atoms in total. The summed E-state index contributed by atoms with van der Waals surface area (Å²) < 4.78 is 0. The summed E-state index contributed by atoms with van der Waals surface area (Å²) in [6.45, 7) is 3.73. The van der Waals surface area contributed by atoms with Crippen LogP contribution in [0.2, 0.25) is 0 Å². The highest BCUT2D eigenvalue weighted by atomic mass is 32.1. The molecule has 1 heterocycles. The number of carboxylic acids is 1. The third kappa shape index (κ3) is 2.65. The Morgan fingerprint density at radius 1 is 1.67 bits per heavy atom. The van der Waals surface area contributed by atoms with Gasteiger partial charge in [-0.25, -0.2) is 0 Å². The van der Waals surface area contributed by atoms with Crippen LogP contribution in [0.3, 0.4) is 0 Å². The molecular formula is C9H14N2O3S. The number of thiocarbonyl (C=S) groups is 1. The molecule has 0 aromatic carbocycles. The largest absolute Gasteiger partial charge is 0.481 e. The minimum Gasteiger partial charge on any atom is -0.481 e. The first-order valence-corrected chi connectivity index (χ1v) is 5.19. The van der Waals surface area contributed by atoms with Gasteiger partial charge in [0.1, 0.15) is 6.04 Å². The minimum atomic E-state index is -0.904. The van der Waals surface area contributed by atoms with Gasteiger partial charge in [0.15, 0.2) is 5.11 Å². The Hall–Kier alpha value is -1.17. The van der Waals surface area contributed by atoms with Gasteiger partial charge in [-0.15, -0.1) is 0 Å². The van der Waals surface area contributed by atoms with E-state index < -0.39 is 12.0 Å². The third-order valence-electron chi connectivity index (χ3n) is 2.22. The van der Waals surface area contributed by atoms with E-state index in [4.69, 9.17) is 17.3 Å². The smallest absolute Gasteiger partial charge is 0.303 e. The molecule has 1 unspecified atom stereocenters. The molecule has 0 spiro atoms. The van der Waals surface area contributed by atoms with Gasteiger partial charge in [0.2, 0.25) is 0 Å². The summed E-state index contributed by atoms with van der Waals surface area (Å²) in [4.78, 5) is 23.6. The van der Waals surface area contributed by atoms with E-state index in [0.717, 1.165) is 0 Å². The van der Waals surface area contributed by atoms with Gasteiger partial charge in [-0.05, 0) is 32.5 Å². The van der Waals surface area contributed by atoms with Gasteiger partial charge in [0.05, 0.1) is 0 Å². The fraction of sp³-hybridized carbons (Fsp3) is 0.667. The van der Waals surface area contributed by atoms with Crippen molar-refractivity contribution in [3.05, 3.63) is 0 Å². The van der Waals surface area contributed by atoms with Gasteiger partial charge < -0.3 is 10.4 Å². The molecule has 0 radical (unpaired) electrons. The van der Waals surface area contributed by atoms with E-state index in [1.54, 1.807) is 0 Å². The van der Waals surface area contributed by atoms with Crippen molar-refractivity contribution in [1.82, 2.24) is 10.2 Å². The van der Waals surface area contributed by atoms with Gasteiger partial charge in [-0.2, -0.15) is 0 Å². The average molecular weight is 230 g/mol. The molecule has 1 aliphatic heterocycles. The van der Waals surface area contributed by atoms with Crippen molar-refractivity contribution < 1.29 is 14.7 Å². The topological polar surface area (TPSA) is 69.6 Å². The van der Waals surface area contributed by atoms with Gasteiger partial charge in [0, 0.05) is 12.5 Å². The number of hydrogen-bond acceptors (Lipinski definition) is 3. The van der Waals surface area contributed by atoms with E-state index in [9.17, 15) is 9.59 Å². The van der Waals surface area contributed by atoms with E-state index in [0.29, 0.717) is 5.11 Å². The summed E-state index contributed by atoms with van der Waals surface area (Å²) in [6.07, 6.45) is 0.246. The zero-order valence-corrected chi connectivity index (χ0v) is 9.50. The molecule has 0 aromatic rings. The van der Waals surface area contributed by atoms with Gasteiger partial charge in [-0.1, -0.05) is 0 Å². The summed E-state index contributed by atoms with van der Waals surface area (Å²) in [6, 6.07) is -0.469. The standard InChI is InChI=1S/C9H14N2O3S/c1-5(2)11-8(14)6(10-9(11)15)3-4-7(12)13/h5-6H,3-4H2,1-2H3,(H,10,15)(H,12,13). The molecule has 0 bridgehead atoms. The summed E-state index contributed by atoms with van der Waals surface area (Å²) in [7, 11) is 0. The summed E-state index contributed by atoms with van der Waals surface area (Å²) in [5, 5.41) is 11.7. The highest BCUT2D eigenvalue weighted by Gasteiger charge is 2.36. The molecule has 6 heteroatoms. The van der Waals surface area contributed by atoms with Crippen molar-refractivity contribution in [1.29, 1.82) is 0 Å². The lowest BCUT2D eigenvalue weighted by atomic mass is 10.1. The minimum absolute atomic E-state index is 0.00679. The van der Waals surface area contributed by atoms with E-state index in [2.05, 4.69) is 5.32 Å². The molecule has 1 amide bonds. The van der Waals surface area contributed by atoms with Crippen molar-refractivity contribution in [2.45, 2.75) is 38.8 Å². The highest BCUT2D eigenvalue weighted by molar-refractivity contribution is 7.80. The van der Waals surface area contributed by atoms with Crippen LogP contribution in [0.1, 0.15) is 26.7 Å². The van der Waals surface area contributed by atoms with Gasteiger partial charge >= 0.3 is 5.97 Å². The zero-order chi connectivity index (χ0) is 11.6. The second-order valence-electron chi connectivity index (χ2n) is 3.74. The predicted octanol–water partition coefficient (Wildman–Crippen LogP) is 0.345. The lowest BCUT2D eigenvalue weighted by Crippen LogP contribution is -2.37. The Labute approximate surface area is 93.4 Å². The third-order valence-corrected chi connectivity index (χ3v) is 2.53. The summed E-state index contributed by atoms with van der Waals surface area (Å²) in [5.74, 6) is -1.03. The maximum atomic E-state index is 11.8. The Kier molecular flexibility index (Phi) is 3.62. The first-order valence-electron chi connectivity index (χ1n) is 4.79. The molecule has 1 saturated heterocycles. The van der Waals surface area contributed by atoms with Crippen LogP contribution in [0.4, 0.5) is 0 Å². The zero-order valence-electron chi connectivity index (χ0n) is 8.69. The lowest BCUT2D eigenvalue weighted by molar-refractivity contribution is -0.137. The molecule has 0 aromatic heterocycles. The van der Waals surface area contributed by atoms with Crippen LogP contribution in [0.15, 0.2) is 0 Å². The van der Waals surface area contributed by atoms with E-state index in [1.807, 2.05) is 13.8 Å². The molecule has 0 aliphatic carbocycles. The molecule has 84 valence electrons. The lowest BCUT2D eigenvalue weighted by Gasteiger charge is -2.18.